The van der Waals surface area contributed by atoms with Crippen molar-refractivity contribution in [1.29, 1.82) is 0 Å². The molecular weight excluding hydrogens is 266 g/mol. The first-order valence-corrected chi connectivity index (χ1v) is 7.26. The normalized spacial score (nSPS) is 29.6. The molecule has 4 heteroatoms. The first kappa shape index (κ1) is 13.9. The fraction of sp³-hybridized carbons (Fsp3) is 0.412. The van der Waals surface area contributed by atoms with Gasteiger partial charge < -0.3 is 14.8 Å². The Morgan fingerprint density at radius 3 is 2.38 bits per heavy atom. The van der Waals surface area contributed by atoms with Gasteiger partial charge in [-0.15, -0.1) is 0 Å². The average molecular weight is 284 g/mol. The van der Waals surface area contributed by atoms with E-state index in [1.54, 1.807) is 11.9 Å². The predicted octanol–water partition coefficient (Wildman–Crippen LogP) is 0.833. The van der Waals surface area contributed by atoms with Crippen LogP contribution in [0.4, 0.5) is 0 Å². The monoisotopic (exact) mass is 284 g/mol. The van der Waals surface area contributed by atoms with E-state index in [2.05, 4.69) is 0 Å². The molecule has 1 amide bonds. The van der Waals surface area contributed by atoms with Crippen LogP contribution in [-0.2, 0) is 16.1 Å². The zero-order valence-electron chi connectivity index (χ0n) is 11.9. The van der Waals surface area contributed by atoms with Crippen LogP contribution >= 0.6 is 0 Å². The van der Waals surface area contributed by atoms with Crippen molar-refractivity contribution in [3.05, 3.63) is 48.0 Å². The fourth-order valence-corrected chi connectivity index (χ4v) is 3.67. The predicted molar refractivity (Wildman–Crippen MR) is 75.6 cm³/mol. The van der Waals surface area contributed by atoms with Crippen molar-refractivity contribution in [2.24, 2.45) is 23.7 Å². The quantitative estimate of drug-likeness (QED) is 0.770. The van der Waals surface area contributed by atoms with Crippen LogP contribution in [0.15, 0.2) is 42.5 Å². The van der Waals surface area contributed by atoms with Crippen molar-refractivity contribution in [2.45, 2.75) is 13.0 Å². The number of carboxylic acids is 1. The minimum Gasteiger partial charge on any atom is -0.550 e. The number of carboxylic acid groups (broad SMARTS) is 1. The summed E-state index contributed by atoms with van der Waals surface area (Å²) < 4.78 is 0. The van der Waals surface area contributed by atoms with Gasteiger partial charge in [-0.3, -0.25) is 4.79 Å². The van der Waals surface area contributed by atoms with E-state index in [-0.39, 0.29) is 17.7 Å². The van der Waals surface area contributed by atoms with Gasteiger partial charge in [0.25, 0.3) is 0 Å². The van der Waals surface area contributed by atoms with E-state index in [0.29, 0.717) is 6.54 Å². The number of allylic oxidation sites excluding steroid dienone is 2. The van der Waals surface area contributed by atoms with E-state index in [4.69, 9.17) is 0 Å². The maximum Gasteiger partial charge on any atom is 0.227 e. The van der Waals surface area contributed by atoms with E-state index < -0.39 is 17.8 Å². The lowest BCUT2D eigenvalue weighted by atomic mass is 9.82. The highest BCUT2D eigenvalue weighted by atomic mass is 16.4. The van der Waals surface area contributed by atoms with Gasteiger partial charge in [-0.1, -0.05) is 42.5 Å². The van der Waals surface area contributed by atoms with Crippen LogP contribution in [0.1, 0.15) is 12.0 Å². The highest BCUT2D eigenvalue weighted by molar-refractivity contribution is 5.86. The molecule has 0 unspecified atom stereocenters. The van der Waals surface area contributed by atoms with Crippen LogP contribution < -0.4 is 5.11 Å². The summed E-state index contributed by atoms with van der Waals surface area (Å²) in [5.41, 5.74) is 1.04. The fourth-order valence-electron chi connectivity index (χ4n) is 3.67. The van der Waals surface area contributed by atoms with E-state index in [9.17, 15) is 14.7 Å². The summed E-state index contributed by atoms with van der Waals surface area (Å²) in [6.45, 7) is 0.497. The van der Waals surface area contributed by atoms with Crippen LogP contribution in [0.25, 0.3) is 0 Å². The van der Waals surface area contributed by atoms with Gasteiger partial charge in [0.2, 0.25) is 5.91 Å². The Kier molecular flexibility index (Phi) is 3.53. The number of carbonyl (C=O) groups is 2. The smallest absolute Gasteiger partial charge is 0.227 e. The summed E-state index contributed by atoms with van der Waals surface area (Å²) in [5, 5.41) is 11.4. The topological polar surface area (TPSA) is 60.4 Å². The van der Waals surface area contributed by atoms with Gasteiger partial charge >= 0.3 is 0 Å². The van der Waals surface area contributed by atoms with Crippen molar-refractivity contribution in [2.75, 3.05) is 7.05 Å². The second-order valence-electron chi connectivity index (χ2n) is 6.00. The summed E-state index contributed by atoms with van der Waals surface area (Å²) in [6.07, 6.45) is 4.67. The van der Waals surface area contributed by atoms with Crippen molar-refractivity contribution >= 4 is 11.9 Å². The van der Waals surface area contributed by atoms with E-state index >= 15 is 0 Å². The number of rotatable bonds is 4. The van der Waals surface area contributed by atoms with Crippen LogP contribution in [0.2, 0.25) is 0 Å². The molecule has 21 heavy (non-hydrogen) atoms. The van der Waals surface area contributed by atoms with Gasteiger partial charge in [-0.25, -0.2) is 0 Å². The third-order valence-electron chi connectivity index (χ3n) is 4.66. The van der Waals surface area contributed by atoms with E-state index in [1.165, 1.54) is 0 Å². The maximum atomic E-state index is 12.7. The molecule has 0 spiro atoms. The minimum absolute atomic E-state index is 0.0425. The molecule has 1 saturated carbocycles. The Balaban J connectivity index is 1.75. The highest BCUT2D eigenvalue weighted by Crippen LogP contribution is 2.48. The number of aliphatic carboxylic acids is 1. The van der Waals surface area contributed by atoms with Gasteiger partial charge in [0, 0.05) is 25.5 Å². The molecule has 0 aromatic heterocycles. The lowest BCUT2D eigenvalue weighted by Gasteiger charge is -2.31. The third-order valence-corrected chi connectivity index (χ3v) is 4.66. The largest absolute Gasteiger partial charge is 0.550 e. The molecule has 110 valence electrons. The number of hydrogen-bond acceptors (Lipinski definition) is 3. The lowest BCUT2D eigenvalue weighted by Crippen LogP contribution is -2.45. The Morgan fingerprint density at radius 2 is 1.76 bits per heavy atom. The molecule has 4 nitrogen and oxygen atoms in total. The molecule has 2 bridgehead atoms. The summed E-state index contributed by atoms with van der Waals surface area (Å²) in [5.74, 6) is -2.34. The van der Waals surface area contributed by atoms with Gasteiger partial charge in [0.1, 0.15) is 0 Å². The minimum atomic E-state index is -1.10. The molecule has 0 radical (unpaired) electrons. The Bertz CT molecular complexity index is 581. The highest BCUT2D eigenvalue weighted by Gasteiger charge is 2.49. The molecule has 4 atom stereocenters. The summed E-state index contributed by atoms with van der Waals surface area (Å²) in [7, 11) is 1.73. The van der Waals surface area contributed by atoms with E-state index in [0.717, 1.165) is 12.0 Å². The van der Waals surface area contributed by atoms with Gasteiger partial charge in [-0.2, -0.15) is 0 Å². The van der Waals surface area contributed by atoms with Crippen LogP contribution in [0.3, 0.4) is 0 Å². The van der Waals surface area contributed by atoms with Crippen molar-refractivity contribution in [3.63, 3.8) is 0 Å². The first-order valence-electron chi connectivity index (χ1n) is 7.26. The molecule has 0 N–H and O–H groups in total. The standard InChI is InChI=1S/C17H19NO3/c1-18(10-11-5-3-2-4-6-11)16(19)14-12-7-8-13(9-12)15(14)17(20)21/h2-8,12-15H,9-10H2,1H3,(H,20,21)/p-1/t12-,13+,14+,15+/m1/s1. The molecule has 1 aromatic rings. The summed E-state index contributed by atoms with van der Waals surface area (Å²) in [6, 6.07) is 9.70. The van der Waals surface area contributed by atoms with Crippen molar-refractivity contribution in [1.82, 2.24) is 4.90 Å². The SMILES string of the molecule is CN(Cc1ccccc1)C(=O)[C@@H]1[C@@H](C(=O)[O-])[C@H]2C=C[C@@H]1C2. The number of hydrogen-bond donors (Lipinski definition) is 0. The molecule has 1 fully saturated rings. The maximum absolute atomic E-state index is 12.7. The molecule has 3 rings (SSSR count). The molecule has 0 heterocycles. The molecule has 1 aromatic carbocycles. The van der Waals surface area contributed by atoms with E-state index in [1.807, 2.05) is 42.5 Å². The van der Waals surface area contributed by atoms with Crippen LogP contribution in [0.5, 0.6) is 0 Å². The number of amides is 1. The first-order chi connectivity index (χ1) is 10.1. The number of carbonyl (C=O) groups excluding carboxylic acids is 2. The number of nitrogens with zero attached hydrogens (tertiary/aromatic N) is 1. The van der Waals surface area contributed by atoms with Gasteiger partial charge in [0.05, 0.1) is 5.92 Å². The van der Waals surface area contributed by atoms with Gasteiger partial charge in [0.15, 0.2) is 0 Å². The molecule has 0 aliphatic heterocycles. The summed E-state index contributed by atoms with van der Waals surface area (Å²) >= 11 is 0. The average Bonchev–Trinajstić information content (AvgIpc) is 3.08. The molecule has 2 aliphatic rings. The molecular formula is C17H18NO3-. The molecule has 0 saturated heterocycles. The lowest BCUT2D eigenvalue weighted by molar-refractivity contribution is -0.313. The Morgan fingerprint density at radius 1 is 1.14 bits per heavy atom. The zero-order chi connectivity index (χ0) is 15.0. The van der Waals surface area contributed by atoms with Gasteiger partial charge in [-0.05, 0) is 23.8 Å². The Hall–Kier alpha value is -2.10. The molecule has 2 aliphatic carbocycles. The third kappa shape index (κ3) is 2.46. The summed E-state index contributed by atoms with van der Waals surface area (Å²) in [4.78, 5) is 25.7. The second kappa shape index (κ2) is 5.35. The van der Waals surface area contributed by atoms with Crippen molar-refractivity contribution < 1.29 is 14.7 Å². The van der Waals surface area contributed by atoms with Crippen LogP contribution in [-0.4, -0.2) is 23.8 Å². The number of fused-ring (bicyclic) bond motifs is 2. The van der Waals surface area contributed by atoms with Crippen molar-refractivity contribution in [3.8, 4) is 0 Å². The number of benzene rings is 1. The Labute approximate surface area is 124 Å². The zero-order valence-corrected chi connectivity index (χ0v) is 11.9. The second-order valence-corrected chi connectivity index (χ2v) is 6.00. The van der Waals surface area contributed by atoms with Crippen LogP contribution in [0, 0.1) is 23.7 Å².